The van der Waals surface area contributed by atoms with Crippen LogP contribution in [-0.4, -0.2) is 21.6 Å². The Balaban J connectivity index is 1.84. The number of halogens is 1. The number of allylic oxidation sites excluding steroid dienone is 1. The summed E-state index contributed by atoms with van der Waals surface area (Å²) >= 11 is 6.70. The number of para-hydroxylation sites is 1. The fourth-order valence-electron chi connectivity index (χ4n) is 3.54. The fourth-order valence-corrected chi connectivity index (χ4v) is 3.92. The summed E-state index contributed by atoms with van der Waals surface area (Å²) < 4.78 is 1.61. The number of aryl methyl sites for hydroxylation is 1. The van der Waals surface area contributed by atoms with Crippen molar-refractivity contribution in [3.8, 4) is 5.69 Å². The number of aromatic nitrogens is 2. The summed E-state index contributed by atoms with van der Waals surface area (Å²) in [4.78, 5) is 25.5. The minimum Gasteiger partial charge on any atom is -0.327 e. The Hall–Kier alpha value is -3.38. The number of ketones is 1. The van der Waals surface area contributed by atoms with Crippen molar-refractivity contribution in [2.24, 2.45) is 0 Å². The van der Waals surface area contributed by atoms with E-state index in [1.165, 1.54) is 0 Å². The molecule has 1 aliphatic heterocycles. The van der Waals surface area contributed by atoms with Gasteiger partial charge in [0.1, 0.15) is 5.15 Å². The fraction of sp³-hybridized carbons (Fsp3) is 0.136. The zero-order valence-electron chi connectivity index (χ0n) is 15.9. The van der Waals surface area contributed by atoms with Crippen molar-refractivity contribution in [1.82, 2.24) is 20.4 Å². The van der Waals surface area contributed by atoms with Gasteiger partial charge >= 0.3 is 6.03 Å². The van der Waals surface area contributed by atoms with Gasteiger partial charge in [-0.15, -0.1) is 0 Å². The number of benzene rings is 2. The van der Waals surface area contributed by atoms with Crippen molar-refractivity contribution < 1.29 is 9.59 Å². The summed E-state index contributed by atoms with van der Waals surface area (Å²) in [6.45, 7) is 3.53. The van der Waals surface area contributed by atoms with Gasteiger partial charge in [0.05, 0.1) is 17.4 Å². The quantitative estimate of drug-likeness (QED) is 0.632. The number of hydrogen-bond donors (Lipinski definition) is 2. The Kier molecular flexibility index (Phi) is 4.94. The first-order chi connectivity index (χ1) is 14.0. The lowest BCUT2D eigenvalue weighted by molar-refractivity contribution is 0.102. The third-order valence-corrected chi connectivity index (χ3v) is 5.25. The Morgan fingerprint density at radius 2 is 1.66 bits per heavy atom. The van der Waals surface area contributed by atoms with Crippen molar-refractivity contribution in [3.05, 3.63) is 93.9 Å². The van der Waals surface area contributed by atoms with Crippen LogP contribution < -0.4 is 10.6 Å². The van der Waals surface area contributed by atoms with Gasteiger partial charge in [-0.25, -0.2) is 9.48 Å². The molecule has 2 N–H and O–H groups in total. The predicted molar refractivity (Wildman–Crippen MR) is 111 cm³/mol. The number of Topliss-reactive ketones (excluding diaryl/α,β-unsaturated/α-hetero) is 1. The Labute approximate surface area is 173 Å². The lowest BCUT2D eigenvalue weighted by Gasteiger charge is -2.28. The van der Waals surface area contributed by atoms with Crippen molar-refractivity contribution in [1.29, 1.82) is 0 Å². The van der Waals surface area contributed by atoms with E-state index in [1.807, 2.05) is 43.3 Å². The van der Waals surface area contributed by atoms with E-state index >= 15 is 0 Å². The van der Waals surface area contributed by atoms with Crippen LogP contribution in [0.5, 0.6) is 0 Å². The second kappa shape index (κ2) is 7.56. The van der Waals surface area contributed by atoms with E-state index in [4.69, 9.17) is 11.6 Å². The number of nitrogens with one attached hydrogen (secondary N) is 2. The van der Waals surface area contributed by atoms with Gasteiger partial charge in [0.25, 0.3) is 0 Å². The van der Waals surface area contributed by atoms with Gasteiger partial charge in [0.2, 0.25) is 0 Å². The van der Waals surface area contributed by atoms with E-state index in [9.17, 15) is 9.59 Å². The number of amides is 2. The minimum absolute atomic E-state index is 0.177. The van der Waals surface area contributed by atoms with E-state index in [2.05, 4.69) is 15.7 Å². The first-order valence-corrected chi connectivity index (χ1v) is 9.53. The molecule has 29 heavy (non-hydrogen) atoms. The molecule has 1 aromatic heterocycles. The average Bonchev–Trinajstić information content (AvgIpc) is 3.02. The van der Waals surface area contributed by atoms with Crippen LogP contribution in [0.3, 0.4) is 0 Å². The highest BCUT2D eigenvalue weighted by Gasteiger charge is 2.35. The van der Waals surface area contributed by atoms with Crippen LogP contribution in [0.4, 0.5) is 4.79 Å². The number of rotatable bonds is 4. The molecule has 2 aromatic carbocycles. The van der Waals surface area contributed by atoms with Crippen LogP contribution in [-0.2, 0) is 0 Å². The molecule has 146 valence electrons. The van der Waals surface area contributed by atoms with Crippen LogP contribution in [0.2, 0.25) is 5.15 Å². The third kappa shape index (κ3) is 3.43. The largest absolute Gasteiger partial charge is 0.327 e. The lowest BCUT2D eigenvalue weighted by Crippen LogP contribution is -2.45. The molecule has 0 saturated carbocycles. The predicted octanol–water partition coefficient (Wildman–Crippen LogP) is 4.34. The number of urea groups is 1. The Morgan fingerprint density at radius 3 is 2.31 bits per heavy atom. The van der Waals surface area contributed by atoms with Crippen LogP contribution >= 0.6 is 11.6 Å². The van der Waals surface area contributed by atoms with Crippen LogP contribution in [0.15, 0.2) is 71.9 Å². The molecule has 2 amide bonds. The van der Waals surface area contributed by atoms with Gasteiger partial charge in [-0.05, 0) is 26.0 Å². The first kappa shape index (κ1) is 19.0. The molecule has 1 aliphatic rings. The monoisotopic (exact) mass is 406 g/mol. The standard InChI is InChI=1S/C22H19ClN4O2/c1-13-17(20(28)15-9-5-3-6-10-15)19(25-22(29)24-13)18-14(2)26-27(21(18)23)16-11-7-4-8-12-16/h3-12,19H,1-2H3,(H2,24,25,29). The third-order valence-electron chi connectivity index (χ3n) is 4.89. The van der Waals surface area contributed by atoms with Crippen molar-refractivity contribution in [3.63, 3.8) is 0 Å². The number of nitrogens with zero attached hydrogens (tertiary/aromatic N) is 2. The van der Waals surface area contributed by atoms with E-state index in [-0.39, 0.29) is 11.8 Å². The van der Waals surface area contributed by atoms with E-state index < -0.39 is 6.04 Å². The second-order valence-corrected chi connectivity index (χ2v) is 7.16. The van der Waals surface area contributed by atoms with E-state index in [1.54, 1.807) is 35.9 Å². The summed E-state index contributed by atoms with van der Waals surface area (Å²) in [5.41, 5.74) is 3.50. The van der Waals surface area contributed by atoms with Gasteiger partial charge in [-0.3, -0.25) is 4.79 Å². The maximum Gasteiger partial charge on any atom is 0.319 e. The van der Waals surface area contributed by atoms with Crippen molar-refractivity contribution in [2.45, 2.75) is 19.9 Å². The number of carbonyl (C=O) groups is 2. The normalized spacial score (nSPS) is 16.4. The van der Waals surface area contributed by atoms with Gasteiger partial charge < -0.3 is 10.6 Å². The summed E-state index contributed by atoms with van der Waals surface area (Å²) in [5, 5.41) is 10.4. The molecule has 1 unspecified atom stereocenters. The zero-order valence-corrected chi connectivity index (χ0v) is 16.7. The summed E-state index contributed by atoms with van der Waals surface area (Å²) in [6.07, 6.45) is 0. The Morgan fingerprint density at radius 1 is 1.03 bits per heavy atom. The molecule has 0 aliphatic carbocycles. The van der Waals surface area contributed by atoms with Crippen LogP contribution in [0, 0.1) is 6.92 Å². The molecule has 6 nitrogen and oxygen atoms in total. The molecule has 0 bridgehead atoms. The minimum atomic E-state index is -0.707. The first-order valence-electron chi connectivity index (χ1n) is 9.16. The SMILES string of the molecule is CC1=C(C(=O)c2ccccc2)C(c2c(C)nn(-c3ccccc3)c2Cl)NC(=O)N1. The van der Waals surface area contributed by atoms with Crippen molar-refractivity contribution >= 4 is 23.4 Å². The molecular formula is C22H19ClN4O2. The summed E-state index contributed by atoms with van der Waals surface area (Å²) in [6, 6.07) is 17.3. The molecule has 2 heterocycles. The molecular weight excluding hydrogens is 388 g/mol. The molecule has 0 fully saturated rings. The molecule has 0 saturated heterocycles. The molecule has 1 atom stereocenters. The van der Waals surface area contributed by atoms with Gasteiger partial charge in [0, 0.05) is 22.4 Å². The molecule has 0 radical (unpaired) electrons. The summed E-state index contributed by atoms with van der Waals surface area (Å²) in [5.74, 6) is -0.177. The van der Waals surface area contributed by atoms with Gasteiger partial charge in [0.15, 0.2) is 5.78 Å². The Bertz CT molecular complexity index is 1120. The van der Waals surface area contributed by atoms with Gasteiger partial charge in [-0.2, -0.15) is 5.10 Å². The van der Waals surface area contributed by atoms with E-state index in [0.29, 0.717) is 33.2 Å². The zero-order chi connectivity index (χ0) is 20.5. The highest BCUT2D eigenvalue weighted by atomic mass is 35.5. The highest BCUT2D eigenvalue weighted by Crippen LogP contribution is 2.36. The van der Waals surface area contributed by atoms with Crippen LogP contribution in [0.1, 0.15) is 34.6 Å². The molecule has 3 aromatic rings. The molecule has 7 heteroatoms. The van der Waals surface area contributed by atoms with Crippen LogP contribution in [0.25, 0.3) is 5.69 Å². The number of hydrogen-bond acceptors (Lipinski definition) is 3. The molecule has 0 spiro atoms. The highest BCUT2D eigenvalue weighted by molar-refractivity contribution is 6.31. The van der Waals surface area contributed by atoms with Crippen molar-refractivity contribution in [2.75, 3.05) is 0 Å². The summed E-state index contributed by atoms with van der Waals surface area (Å²) in [7, 11) is 0. The average molecular weight is 407 g/mol. The van der Waals surface area contributed by atoms with Gasteiger partial charge in [-0.1, -0.05) is 60.1 Å². The lowest BCUT2D eigenvalue weighted by atomic mass is 9.90. The topological polar surface area (TPSA) is 76.0 Å². The molecule has 4 rings (SSSR count). The maximum absolute atomic E-state index is 13.3. The second-order valence-electron chi connectivity index (χ2n) is 6.80. The smallest absolute Gasteiger partial charge is 0.319 e. The maximum atomic E-state index is 13.3. The number of carbonyl (C=O) groups excluding carboxylic acids is 2. The van der Waals surface area contributed by atoms with E-state index in [0.717, 1.165) is 5.69 Å².